The Kier molecular flexibility index (Phi) is 5.34. The average Bonchev–Trinajstić information content (AvgIpc) is 3.07. The standard InChI is InChI=1S/C22H32O4/c1-15-6-9-19-21(2,11-5-12-22(19,3)20(24)25-4)17(15)8-7-16-10-13-26-18(16)14-23/h10,13,17,19,23H,1,5-9,11-12,14H2,2-4H3/t17-,19+,21-,22+/m0/s1. The summed E-state index contributed by atoms with van der Waals surface area (Å²) in [5.74, 6) is 1.31. The van der Waals surface area contributed by atoms with Crippen LogP contribution in [0.2, 0.25) is 0 Å². The highest BCUT2D eigenvalue weighted by Gasteiger charge is 2.57. The summed E-state index contributed by atoms with van der Waals surface area (Å²) in [5, 5.41) is 9.43. The minimum absolute atomic E-state index is 0.0583. The summed E-state index contributed by atoms with van der Waals surface area (Å²) in [4.78, 5) is 12.6. The van der Waals surface area contributed by atoms with Gasteiger partial charge in [0.25, 0.3) is 0 Å². The number of carbonyl (C=O) groups excluding carboxylic acids is 1. The fourth-order valence-electron chi connectivity index (χ4n) is 5.99. The number of aliphatic hydroxyl groups is 1. The lowest BCUT2D eigenvalue weighted by Gasteiger charge is -2.57. The van der Waals surface area contributed by atoms with Crippen LogP contribution in [0.5, 0.6) is 0 Å². The molecule has 144 valence electrons. The zero-order valence-electron chi connectivity index (χ0n) is 16.3. The molecule has 1 aromatic rings. The third-order valence-corrected chi connectivity index (χ3v) is 7.36. The van der Waals surface area contributed by atoms with Crippen molar-refractivity contribution in [3.63, 3.8) is 0 Å². The summed E-state index contributed by atoms with van der Waals surface area (Å²) < 4.78 is 10.6. The zero-order valence-corrected chi connectivity index (χ0v) is 16.3. The molecule has 0 aliphatic heterocycles. The maximum Gasteiger partial charge on any atom is 0.311 e. The van der Waals surface area contributed by atoms with E-state index in [2.05, 4.69) is 20.4 Å². The molecule has 2 aliphatic rings. The lowest BCUT2D eigenvalue weighted by atomic mass is 9.46. The third kappa shape index (κ3) is 3.02. The molecule has 4 heteroatoms. The number of allylic oxidation sites excluding steroid dienone is 1. The molecule has 1 aromatic heterocycles. The molecular formula is C22H32O4. The van der Waals surface area contributed by atoms with E-state index in [0.717, 1.165) is 50.5 Å². The van der Waals surface area contributed by atoms with E-state index in [1.807, 2.05) is 6.07 Å². The number of aliphatic hydroxyl groups excluding tert-OH is 1. The molecule has 4 atom stereocenters. The van der Waals surface area contributed by atoms with Crippen LogP contribution >= 0.6 is 0 Å². The van der Waals surface area contributed by atoms with Crippen molar-refractivity contribution in [3.05, 3.63) is 35.8 Å². The molecule has 3 rings (SSSR count). The van der Waals surface area contributed by atoms with Crippen LogP contribution in [0.4, 0.5) is 0 Å². The number of ether oxygens (including phenoxy) is 1. The fourth-order valence-corrected chi connectivity index (χ4v) is 5.99. The van der Waals surface area contributed by atoms with Crippen molar-refractivity contribution < 1.29 is 19.1 Å². The van der Waals surface area contributed by atoms with Crippen molar-refractivity contribution in [3.8, 4) is 0 Å². The summed E-state index contributed by atoms with van der Waals surface area (Å²) in [5.41, 5.74) is 2.07. The highest BCUT2D eigenvalue weighted by atomic mass is 16.5. The topological polar surface area (TPSA) is 59.7 Å². The summed E-state index contributed by atoms with van der Waals surface area (Å²) in [6.07, 6.45) is 8.59. The van der Waals surface area contributed by atoms with Gasteiger partial charge in [-0.3, -0.25) is 4.79 Å². The molecule has 2 aliphatic carbocycles. The number of hydrogen-bond donors (Lipinski definition) is 1. The van der Waals surface area contributed by atoms with Crippen LogP contribution in [0.1, 0.15) is 63.7 Å². The molecule has 26 heavy (non-hydrogen) atoms. The van der Waals surface area contributed by atoms with Crippen LogP contribution in [0.3, 0.4) is 0 Å². The first-order valence-electron chi connectivity index (χ1n) is 9.79. The number of rotatable bonds is 5. The molecule has 1 heterocycles. The molecule has 0 saturated heterocycles. The van der Waals surface area contributed by atoms with E-state index < -0.39 is 5.41 Å². The molecule has 0 aromatic carbocycles. The molecule has 0 unspecified atom stereocenters. The molecule has 0 spiro atoms. The first-order chi connectivity index (χ1) is 12.4. The van der Waals surface area contributed by atoms with Gasteiger partial charge in [0, 0.05) is 0 Å². The van der Waals surface area contributed by atoms with Gasteiger partial charge in [-0.1, -0.05) is 25.5 Å². The highest BCUT2D eigenvalue weighted by molar-refractivity contribution is 5.77. The monoisotopic (exact) mass is 360 g/mol. The Bertz CT molecular complexity index is 675. The van der Waals surface area contributed by atoms with Crippen LogP contribution in [-0.4, -0.2) is 18.2 Å². The van der Waals surface area contributed by atoms with Crippen LogP contribution < -0.4 is 0 Å². The first kappa shape index (κ1) is 19.2. The van der Waals surface area contributed by atoms with Gasteiger partial charge >= 0.3 is 5.97 Å². The molecule has 4 nitrogen and oxygen atoms in total. The summed E-state index contributed by atoms with van der Waals surface area (Å²) >= 11 is 0. The fraction of sp³-hybridized carbons (Fsp3) is 0.682. The van der Waals surface area contributed by atoms with Gasteiger partial charge in [0.15, 0.2) is 0 Å². The Labute approximate surface area is 156 Å². The van der Waals surface area contributed by atoms with Crippen molar-refractivity contribution in [1.29, 1.82) is 0 Å². The largest absolute Gasteiger partial charge is 0.469 e. The second kappa shape index (κ2) is 7.22. The maximum absolute atomic E-state index is 12.6. The normalized spacial score (nSPS) is 34.4. The molecule has 2 saturated carbocycles. The van der Waals surface area contributed by atoms with Crippen molar-refractivity contribution >= 4 is 5.97 Å². The van der Waals surface area contributed by atoms with E-state index in [0.29, 0.717) is 17.6 Å². The SMILES string of the molecule is C=C1CC[C@@H]2[C@@](C)(CCC[C@@]2(C)C(=O)OC)[C@H]1CCc1ccoc1CO. The Morgan fingerprint density at radius 1 is 1.42 bits per heavy atom. The van der Waals surface area contributed by atoms with E-state index in [1.54, 1.807) is 6.26 Å². The number of methoxy groups -OCH3 is 1. The van der Waals surface area contributed by atoms with E-state index in [4.69, 9.17) is 9.15 Å². The predicted molar refractivity (Wildman–Crippen MR) is 100 cm³/mol. The van der Waals surface area contributed by atoms with Crippen molar-refractivity contribution in [2.45, 2.75) is 65.4 Å². The molecule has 1 N–H and O–H groups in total. The quantitative estimate of drug-likeness (QED) is 0.613. The number of furan rings is 1. The predicted octanol–water partition coefficient (Wildman–Crippen LogP) is 4.66. The van der Waals surface area contributed by atoms with E-state index in [-0.39, 0.29) is 18.0 Å². The molecule has 2 fully saturated rings. The lowest BCUT2D eigenvalue weighted by Crippen LogP contribution is -2.53. The molecule has 0 radical (unpaired) electrons. The van der Waals surface area contributed by atoms with Crippen LogP contribution in [0.15, 0.2) is 28.9 Å². The summed E-state index contributed by atoms with van der Waals surface area (Å²) in [6.45, 7) is 8.80. The number of aryl methyl sites for hydroxylation is 1. The van der Waals surface area contributed by atoms with Gasteiger partial charge in [0.1, 0.15) is 12.4 Å². The van der Waals surface area contributed by atoms with E-state index in [1.165, 1.54) is 12.7 Å². The second-order valence-electron chi connectivity index (χ2n) is 8.64. The van der Waals surface area contributed by atoms with E-state index in [9.17, 15) is 9.90 Å². The number of esters is 1. The third-order valence-electron chi connectivity index (χ3n) is 7.36. The number of hydrogen-bond acceptors (Lipinski definition) is 4. The molecular weight excluding hydrogens is 328 g/mol. The smallest absolute Gasteiger partial charge is 0.311 e. The van der Waals surface area contributed by atoms with Crippen LogP contribution in [0, 0.1) is 22.7 Å². The summed E-state index contributed by atoms with van der Waals surface area (Å²) in [6, 6.07) is 1.95. The summed E-state index contributed by atoms with van der Waals surface area (Å²) in [7, 11) is 1.51. The van der Waals surface area contributed by atoms with Gasteiger partial charge in [-0.05, 0) is 74.3 Å². The first-order valence-corrected chi connectivity index (χ1v) is 9.79. The lowest BCUT2D eigenvalue weighted by molar-refractivity contribution is -0.168. The maximum atomic E-state index is 12.6. The second-order valence-corrected chi connectivity index (χ2v) is 8.64. The van der Waals surface area contributed by atoms with Crippen LogP contribution in [0.25, 0.3) is 0 Å². The van der Waals surface area contributed by atoms with Crippen LogP contribution in [-0.2, 0) is 22.6 Å². The van der Waals surface area contributed by atoms with Gasteiger partial charge in [0.2, 0.25) is 0 Å². The minimum Gasteiger partial charge on any atom is -0.469 e. The molecule has 0 amide bonds. The average molecular weight is 360 g/mol. The Morgan fingerprint density at radius 3 is 2.88 bits per heavy atom. The highest BCUT2D eigenvalue weighted by Crippen LogP contribution is 2.62. The Hall–Kier alpha value is -1.55. The van der Waals surface area contributed by atoms with E-state index >= 15 is 0 Å². The van der Waals surface area contributed by atoms with Gasteiger partial charge in [0.05, 0.1) is 18.8 Å². The Morgan fingerprint density at radius 2 is 2.19 bits per heavy atom. The number of carbonyl (C=O) groups is 1. The zero-order chi connectivity index (χ0) is 18.9. The van der Waals surface area contributed by atoms with Gasteiger partial charge < -0.3 is 14.3 Å². The van der Waals surface area contributed by atoms with Gasteiger partial charge in [-0.15, -0.1) is 0 Å². The van der Waals surface area contributed by atoms with Crippen molar-refractivity contribution in [2.75, 3.05) is 7.11 Å². The van der Waals surface area contributed by atoms with Gasteiger partial charge in [-0.25, -0.2) is 0 Å². The molecule has 0 bridgehead atoms. The Balaban J connectivity index is 1.85. The number of fused-ring (bicyclic) bond motifs is 1. The minimum atomic E-state index is -0.396. The van der Waals surface area contributed by atoms with Gasteiger partial charge in [-0.2, -0.15) is 0 Å². The van der Waals surface area contributed by atoms with Crippen molar-refractivity contribution in [1.82, 2.24) is 0 Å². The van der Waals surface area contributed by atoms with Crippen molar-refractivity contribution in [2.24, 2.45) is 22.7 Å².